The predicted octanol–water partition coefficient (Wildman–Crippen LogP) is 5.54. The monoisotopic (exact) mass is 356 g/mol. The highest BCUT2D eigenvalue weighted by atomic mass is 35.5. The molecule has 2 aromatic carbocycles. The van der Waals surface area contributed by atoms with Crippen molar-refractivity contribution < 1.29 is 13.6 Å². The van der Waals surface area contributed by atoms with E-state index in [1.165, 1.54) is 6.07 Å². The minimum absolute atomic E-state index is 0.217. The van der Waals surface area contributed by atoms with Crippen LogP contribution in [-0.2, 0) is 0 Å². The number of alkyl halides is 2. The number of rotatable bonds is 5. The second kappa shape index (κ2) is 8.17. The first kappa shape index (κ1) is 17.6. The fraction of sp³-hybridized carbons (Fsp3) is 0.188. The SMILES string of the molecule is CC(NC(=O)Nc1cccc(SC(F)F)c1)c1ccc(Cl)cc1. The van der Waals surface area contributed by atoms with E-state index in [0.717, 1.165) is 5.56 Å². The number of amides is 2. The van der Waals surface area contributed by atoms with Gasteiger partial charge in [0.15, 0.2) is 0 Å². The zero-order chi connectivity index (χ0) is 16.8. The molecule has 0 aliphatic rings. The molecular weight excluding hydrogens is 342 g/mol. The summed E-state index contributed by atoms with van der Waals surface area (Å²) in [6.45, 7) is 1.84. The summed E-state index contributed by atoms with van der Waals surface area (Å²) in [7, 11) is 0. The van der Waals surface area contributed by atoms with Crippen molar-refractivity contribution in [2.24, 2.45) is 0 Å². The first-order valence-corrected chi connectivity index (χ1v) is 8.07. The average molecular weight is 357 g/mol. The molecule has 0 saturated heterocycles. The molecule has 1 atom stereocenters. The molecule has 2 aromatic rings. The van der Waals surface area contributed by atoms with Crippen LogP contribution in [0.4, 0.5) is 19.3 Å². The van der Waals surface area contributed by atoms with Gasteiger partial charge in [-0.2, -0.15) is 8.78 Å². The normalized spacial score (nSPS) is 12.0. The lowest BCUT2D eigenvalue weighted by Crippen LogP contribution is -2.31. The van der Waals surface area contributed by atoms with Crippen molar-refractivity contribution in [3.8, 4) is 0 Å². The van der Waals surface area contributed by atoms with Crippen molar-refractivity contribution in [1.29, 1.82) is 0 Å². The van der Waals surface area contributed by atoms with E-state index in [4.69, 9.17) is 11.6 Å². The Hall–Kier alpha value is -1.79. The summed E-state index contributed by atoms with van der Waals surface area (Å²) < 4.78 is 24.7. The Bertz CT molecular complexity index is 667. The van der Waals surface area contributed by atoms with Crippen LogP contribution in [0.5, 0.6) is 0 Å². The number of urea groups is 1. The molecule has 2 amide bonds. The minimum Gasteiger partial charge on any atom is -0.331 e. The molecule has 2 rings (SSSR count). The summed E-state index contributed by atoms with van der Waals surface area (Å²) >= 11 is 6.26. The zero-order valence-electron chi connectivity index (χ0n) is 12.2. The smallest absolute Gasteiger partial charge is 0.319 e. The van der Waals surface area contributed by atoms with E-state index >= 15 is 0 Å². The summed E-state index contributed by atoms with van der Waals surface area (Å²) in [4.78, 5) is 12.4. The summed E-state index contributed by atoms with van der Waals surface area (Å²) in [6.07, 6.45) is 0. The topological polar surface area (TPSA) is 41.1 Å². The standard InChI is InChI=1S/C16H15ClF2N2OS/c1-10(11-5-7-12(17)8-6-11)20-16(22)21-13-3-2-4-14(9-13)23-15(18)19/h2-10,15H,1H3,(H2,20,21,22). The first-order chi connectivity index (χ1) is 10.9. The Morgan fingerprint density at radius 1 is 1.17 bits per heavy atom. The van der Waals surface area contributed by atoms with Crippen LogP contribution in [0.2, 0.25) is 5.02 Å². The number of carbonyl (C=O) groups is 1. The molecular formula is C16H15ClF2N2OS. The maximum atomic E-state index is 12.4. The van der Waals surface area contributed by atoms with Crippen LogP contribution in [0.15, 0.2) is 53.4 Å². The Balaban J connectivity index is 1.95. The van der Waals surface area contributed by atoms with Crippen LogP contribution < -0.4 is 10.6 Å². The summed E-state index contributed by atoms with van der Waals surface area (Å²) in [5.74, 6) is -2.50. The van der Waals surface area contributed by atoms with Gasteiger partial charge >= 0.3 is 6.03 Å². The molecule has 0 spiro atoms. The third kappa shape index (κ3) is 5.73. The van der Waals surface area contributed by atoms with Crippen LogP contribution in [0, 0.1) is 0 Å². The third-order valence-electron chi connectivity index (χ3n) is 3.03. The van der Waals surface area contributed by atoms with Gasteiger partial charge in [-0.15, -0.1) is 0 Å². The van der Waals surface area contributed by atoms with E-state index in [1.807, 2.05) is 19.1 Å². The summed E-state index contributed by atoms with van der Waals surface area (Å²) in [5.41, 5.74) is 1.36. The molecule has 3 nitrogen and oxygen atoms in total. The van der Waals surface area contributed by atoms with Gasteiger partial charge in [0.25, 0.3) is 5.76 Å². The van der Waals surface area contributed by atoms with Crippen molar-refractivity contribution in [2.45, 2.75) is 23.6 Å². The van der Waals surface area contributed by atoms with Gasteiger partial charge < -0.3 is 10.6 Å². The largest absolute Gasteiger partial charge is 0.331 e. The first-order valence-electron chi connectivity index (χ1n) is 6.82. The second-order valence-electron chi connectivity index (χ2n) is 4.78. The second-order valence-corrected chi connectivity index (χ2v) is 6.28. The van der Waals surface area contributed by atoms with Crippen LogP contribution in [0.3, 0.4) is 0 Å². The maximum Gasteiger partial charge on any atom is 0.319 e. The molecule has 2 N–H and O–H groups in total. The van der Waals surface area contributed by atoms with Crippen LogP contribution in [0.1, 0.15) is 18.5 Å². The molecule has 0 bridgehead atoms. The number of benzene rings is 2. The molecule has 0 aromatic heterocycles. The van der Waals surface area contributed by atoms with Gasteiger partial charge in [0.05, 0.1) is 6.04 Å². The van der Waals surface area contributed by atoms with Crippen molar-refractivity contribution in [3.05, 3.63) is 59.1 Å². The van der Waals surface area contributed by atoms with Gasteiger partial charge in [-0.1, -0.05) is 41.6 Å². The number of halogens is 3. The number of nitrogens with one attached hydrogen (secondary N) is 2. The molecule has 0 fully saturated rings. The number of hydrogen-bond acceptors (Lipinski definition) is 2. The van der Waals surface area contributed by atoms with Crippen molar-refractivity contribution in [2.75, 3.05) is 5.32 Å². The highest BCUT2D eigenvalue weighted by Gasteiger charge is 2.11. The van der Waals surface area contributed by atoms with E-state index < -0.39 is 11.8 Å². The number of anilines is 1. The molecule has 1 unspecified atom stereocenters. The lowest BCUT2D eigenvalue weighted by molar-refractivity contribution is 0.249. The molecule has 0 saturated carbocycles. The van der Waals surface area contributed by atoms with Crippen LogP contribution in [-0.4, -0.2) is 11.8 Å². The molecule has 0 radical (unpaired) electrons. The lowest BCUT2D eigenvalue weighted by atomic mass is 10.1. The Labute approximate surface area is 142 Å². The maximum absolute atomic E-state index is 12.4. The van der Waals surface area contributed by atoms with E-state index in [0.29, 0.717) is 27.4 Å². The zero-order valence-corrected chi connectivity index (χ0v) is 13.8. The van der Waals surface area contributed by atoms with E-state index in [2.05, 4.69) is 10.6 Å². The predicted molar refractivity (Wildman–Crippen MR) is 90.3 cm³/mol. The highest BCUT2D eigenvalue weighted by molar-refractivity contribution is 7.99. The fourth-order valence-corrected chi connectivity index (χ4v) is 2.63. The minimum atomic E-state index is -2.50. The number of hydrogen-bond donors (Lipinski definition) is 2. The Morgan fingerprint density at radius 3 is 2.52 bits per heavy atom. The van der Waals surface area contributed by atoms with E-state index in [9.17, 15) is 13.6 Å². The molecule has 0 aliphatic carbocycles. The Morgan fingerprint density at radius 2 is 1.87 bits per heavy atom. The van der Waals surface area contributed by atoms with Gasteiger partial charge in [-0.25, -0.2) is 4.79 Å². The molecule has 0 aliphatic heterocycles. The van der Waals surface area contributed by atoms with E-state index in [-0.39, 0.29) is 6.04 Å². The van der Waals surface area contributed by atoms with Gasteiger partial charge in [0.2, 0.25) is 0 Å². The van der Waals surface area contributed by atoms with Gasteiger partial charge in [-0.3, -0.25) is 0 Å². The van der Waals surface area contributed by atoms with Crippen LogP contribution in [0.25, 0.3) is 0 Å². The average Bonchev–Trinajstić information content (AvgIpc) is 2.47. The van der Waals surface area contributed by atoms with E-state index in [1.54, 1.807) is 30.3 Å². The lowest BCUT2D eigenvalue weighted by Gasteiger charge is -2.15. The van der Waals surface area contributed by atoms with Crippen molar-refractivity contribution >= 4 is 35.1 Å². The Kier molecular flexibility index (Phi) is 6.24. The van der Waals surface area contributed by atoms with Crippen LogP contribution >= 0.6 is 23.4 Å². The molecule has 0 heterocycles. The number of carbonyl (C=O) groups excluding carboxylic acids is 1. The van der Waals surface area contributed by atoms with Gasteiger partial charge in [0.1, 0.15) is 0 Å². The molecule has 7 heteroatoms. The third-order valence-corrected chi connectivity index (χ3v) is 3.99. The van der Waals surface area contributed by atoms with Crippen molar-refractivity contribution in [3.63, 3.8) is 0 Å². The summed E-state index contributed by atoms with van der Waals surface area (Å²) in [5, 5.41) is 6.03. The fourth-order valence-electron chi connectivity index (χ4n) is 1.95. The van der Waals surface area contributed by atoms with Gasteiger partial charge in [0, 0.05) is 15.6 Å². The highest BCUT2D eigenvalue weighted by Crippen LogP contribution is 2.27. The quantitative estimate of drug-likeness (QED) is 0.691. The number of thioether (sulfide) groups is 1. The van der Waals surface area contributed by atoms with Crippen molar-refractivity contribution in [1.82, 2.24) is 5.32 Å². The summed E-state index contributed by atoms with van der Waals surface area (Å²) in [6, 6.07) is 12.8. The molecule has 122 valence electrons. The van der Waals surface area contributed by atoms with Gasteiger partial charge in [-0.05, 0) is 42.8 Å². The molecule has 23 heavy (non-hydrogen) atoms.